The van der Waals surface area contributed by atoms with E-state index < -0.39 is 0 Å². The summed E-state index contributed by atoms with van der Waals surface area (Å²) in [5.74, 6) is 0. The summed E-state index contributed by atoms with van der Waals surface area (Å²) in [7, 11) is 0. The molecule has 2 nitrogen and oxygen atoms in total. The fraction of sp³-hybridized carbons (Fsp3) is 0.250. The Kier molecular flexibility index (Phi) is 2.60. The molecule has 0 spiro atoms. The molecule has 0 saturated carbocycles. The maximum Gasteiger partial charge on any atom is 0.169 e. The molecular formula is C8H8ClNO. The van der Waals surface area contributed by atoms with Crippen molar-refractivity contribution in [1.29, 1.82) is 0 Å². The van der Waals surface area contributed by atoms with Gasteiger partial charge in [-0.3, -0.25) is 9.78 Å². The summed E-state index contributed by atoms with van der Waals surface area (Å²) in [4.78, 5) is 14.1. The zero-order valence-electron chi connectivity index (χ0n) is 6.17. The van der Waals surface area contributed by atoms with E-state index in [1.54, 1.807) is 12.3 Å². The summed E-state index contributed by atoms with van der Waals surface area (Å²) in [5.41, 5.74) is 1.35. The van der Waals surface area contributed by atoms with E-state index in [4.69, 9.17) is 11.6 Å². The predicted octanol–water partition coefficient (Wildman–Crippen LogP) is 2.11. The second-order valence-corrected chi connectivity index (χ2v) is 2.59. The molecule has 0 bridgehead atoms. The minimum absolute atomic E-state index is 0.309. The van der Waals surface area contributed by atoms with Crippen LogP contribution in [0.2, 0.25) is 5.02 Å². The van der Waals surface area contributed by atoms with Crippen molar-refractivity contribution < 1.29 is 4.79 Å². The Morgan fingerprint density at radius 1 is 1.73 bits per heavy atom. The normalized spacial score (nSPS) is 9.64. The van der Waals surface area contributed by atoms with Crippen molar-refractivity contribution in [3.63, 3.8) is 0 Å². The van der Waals surface area contributed by atoms with Crippen LogP contribution in [0, 0.1) is 0 Å². The van der Waals surface area contributed by atoms with Crippen LogP contribution >= 0.6 is 11.6 Å². The Balaban J connectivity index is 3.09. The molecule has 0 radical (unpaired) electrons. The zero-order chi connectivity index (χ0) is 8.27. The van der Waals surface area contributed by atoms with Crippen LogP contribution in [-0.4, -0.2) is 11.3 Å². The largest absolute Gasteiger partial charge is 0.296 e. The Bertz CT molecular complexity index is 273. The number of pyridine rings is 1. The Labute approximate surface area is 70.2 Å². The first-order valence-corrected chi connectivity index (χ1v) is 3.75. The molecule has 1 aromatic heterocycles. The molecule has 1 rings (SSSR count). The molecule has 0 atom stereocenters. The fourth-order valence-electron chi connectivity index (χ4n) is 0.768. The zero-order valence-corrected chi connectivity index (χ0v) is 6.93. The predicted molar refractivity (Wildman–Crippen MR) is 44.0 cm³/mol. The number of aryl methyl sites for hydroxylation is 1. The third kappa shape index (κ3) is 1.77. The molecule has 0 aliphatic heterocycles. The molecule has 0 aliphatic carbocycles. The molecular weight excluding hydrogens is 162 g/mol. The molecule has 1 aromatic rings. The van der Waals surface area contributed by atoms with Gasteiger partial charge in [0.1, 0.15) is 5.69 Å². The van der Waals surface area contributed by atoms with E-state index in [1.807, 2.05) is 6.92 Å². The molecule has 1 heterocycles. The van der Waals surface area contributed by atoms with Crippen molar-refractivity contribution in [2.24, 2.45) is 0 Å². The standard InChI is InChI=1S/C8H8ClNO/c1-2-6-3-7(9)8(5-11)10-4-6/h3-5H,2H2,1H3. The lowest BCUT2D eigenvalue weighted by Gasteiger charge is -1.97. The van der Waals surface area contributed by atoms with Crippen molar-refractivity contribution >= 4 is 17.9 Å². The van der Waals surface area contributed by atoms with Crippen LogP contribution in [-0.2, 0) is 6.42 Å². The van der Waals surface area contributed by atoms with E-state index >= 15 is 0 Å². The molecule has 0 N–H and O–H groups in total. The lowest BCUT2D eigenvalue weighted by Crippen LogP contribution is -1.90. The Morgan fingerprint density at radius 3 is 2.91 bits per heavy atom. The quantitative estimate of drug-likeness (QED) is 0.635. The minimum atomic E-state index is 0.309. The summed E-state index contributed by atoms with van der Waals surface area (Å²) in [5, 5.41) is 0.430. The highest BCUT2D eigenvalue weighted by molar-refractivity contribution is 6.32. The maximum atomic E-state index is 10.3. The number of rotatable bonds is 2. The van der Waals surface area contributed by atoms with E-state index in [0.717, 1.165) is 12.0 Å². The number of halogens is 1. The van der Waals surface area contributed by atoms with Crippen molar-refractivity contribution in [2.75, 3.05) is 0 Å². The molecule has 11 heavy (non-hydrogen) atoms. The van der Waals surface area contributed by atoms with Gasteiger partial charge in [0.15, 0.2) is 6.29 Å². The number of aromatic nitrogens is 1. The topological polar surface area (TPSA) is 30.0 Å². The van der Waals surface area contributed by atoms with Gasteiger partial charge in [-0.15, -0.1) is 0 Å². The average Bonchev–Trinajstić information content (AvgIpc) is 2.04. The van der Waals surface area contributed by atoms with Crippen LogP contribution in [0.4, 0.5) is 0 Å². The lowest BCUT2D eigenvalue weighted by molar-refractivity contribution is 0.111. The van der Waals surface area contributed by atoms with Gasteiger partial charge in [-0.2, -0.15) is 0 Å². The van der Waals surface area contributed by atoms with E-state index in [9.17, 15) is 4.79 Å². The van der Waals surface area contributed by atoms with Gasteiger partial charge in [-0.1, -0.05) is 18.5 Å². The Morgan fingerprint density at radius 2 is 2.45 bits per heavy atom. The van der Waals surface area contributed by atoms with Gasteiger partial charge < -0.3 is 0 Å². The number of carbonyl (C=O) groups excluding carboxylic acids is 1. The van der Waals surface area contributed by atoms with Gasteiger partial charge >= 0.3 is 0 Å². The van der Waals surface area contributed by atoms with Gasteiger partial charge in [0, 0.05) is 6.20 Å². The SMILES string of the molecule is CCc1cnc(C=O)c(Cl)c1. The summed E-state index contributed by atoms with van der Waals surface area (Å²) < 4.78 is 0. The number of hydrogen-bond donors (Lipinski definition) is 0. The molecule has 0 saturated heterocycles. The number of aldehydes is 1. The van der Waals surface area contributed by atoms with Crippen LogP contribution in [0.15, 0.2) is 12.3 Å². The Hall–Kier alpha value is -0.890. The highest BCUT2D eigenvalue weighted by Gasteiger charge is 1.99. The second-order valence-electron chi connectivity index (χ2n) is 2.18. The van der Waals surface area contributed by atoms with E-state index in [1.165, 1.54) is 0 Å². The van der Waals surface area contributed by atoms with Gasteiger partial charge in [0.25, 0.3) is 0 Å². The summed E-state index contributed by atoms with van der Waals surface area (Å²) in [6, 6.07) is 1.76. The van der Waals surface area contributed by atoms with Gasteiger partial charge in [0.05, 0.1) is 5.02 Å². The van der Waals surface area contributed by atoms with Gasteiger partial charge in [-0.25, -0.2) is 0 Å². The number of hydrogen-bond acceptors (Lipinski definition) is 2. The van der Waals surface area contributed by atoms with E-state index in [-0.39, 0.29) is 0 Å². The van der Waals surface area contributed by atoms with Crippen LogP contribution in [0.3, 0.4) is 0 Å². The molecule has 0 fully saturated rings. The first-order valence-electron chi connectivity index (χ1n) is 3.37. The number of nitrogens with zero attached hydrogens (tertiary/aromatic N) is 1. The molecule has 0 unspecified atom stereocenters. The van der Waals surface area contributed by atoms with Crippen LogP contribution < -0.4 is 0 Å². The third-order valence-corrected chi connectivity index (χ3v) is 1.75. The van der Waals surface area contributed by atoms with Crippen molar-refractivity contribution in [3.8, 4) is 0 Å². The molecule has 0 amide bonds. The molecule has 58 valence electrons. The third-order valence-electron chi connectivity index (χ3n) is 1.45. The highest BCUT2D eigenvalue weighted by Crippen LogP contribution is 2.13. The first kappa shape index (κ1) is 8.21. The summed E-state index contributed by atoms with van der Waals surface area (Å²) in [6.45, 7) is 2.01. The van der Waals surface area contributed by atoms with Crippen LogP contribution in [0.25, 0.3) is 0 Å². The van der Waals surface area contributed by atoms with Gasteiger partial charge in [-0.05, 0) is 18.1 Å². The number of carbonyl (C=O) groups is 1. The molecule has 3 heteroatoms. The van der Waals surface area contributed by atoms with Crippen LogP contribution in [0.1, 0.15) is 23.0 Å². The van der Waals surface area contributed by atoms with E-state index in [2.05, 4.69) is 4.98 Å². The van der Waals surface area contributed by atoms with Crippen molar-refractivity contribution in [2.45, 2.75) is 13.3 Å². The monoisotopic (exact) mass is 169 g/mol. The summed E-state index contributed by atoms with van der Waals surface area (Å²) in [6.07, 6.45) is 3.20. The molecule has 0 aliphatic rings. The smallest absolute Gasteiger partial charge is 0.169 e. The van der Waals surface area contributed by atoms with Crippen molar-refractivity contribution in [1.82, 2.24) is 4.98 Å². The van der Waals surface area contributed by atoms with E-state index in [0.29, 0.717) is 17.0 Å². The average molecular weight is 170 g/mol. The minimum Gasteiger partial charge on any atom is -0.296 e. The maximum absolute atomic E-state index is 10.3. The fourth-order valence-corrected chi connectivity index (χ4v) is 1.00. The lowest BCUT2D eigenvalue weighted by atomic mass is 10.2. The first-order chi connectivity index (χ1) is 5.27. The van der Waals surface area contributed by atoms with Crippen LogP contribution in [0.5, 0.6) is 0 Å². The highest BCUT2D eigenvalue weighted by atomic mass is 35.5. The second kappa shape index (κ2) is 3.49. The molecule has 0 aromatic carbocycles. The van der Waals surface area contributed by atoms with Gasteiger partial charge in [0.2, 0.25) is 0 Å². The summed E-state index contributed by atoms with van der Waals surface area (Å²) >= 11 is 5.71. The van der Waals surface area contributed by atoms with Crippen molar-refractivity contribution in [3.05, 3.63) is 28.5 Å².